The van der Waals surface area contributed by atoms with Crippen molar-refractivity contribution in [2.24, 2.45) is 0 Å². The third-order valence-corrected chi connectivity index (χ3v) is 3.44. The van der Waals surface area contributed by atoms with E-state index in [4.69, 9.17) is 30.0 Å². The highest BCUT2D eigenvalue weighted by Crippen LogP contribution is 2.19. The highest BCUT2D eigenvalue weighted by molar-refractivity contribution is 5.71. The van der Waals surface area contributed by atoms with Crippen LogP contribution in [-0.4, -0.2) is 6.61 Å². The second-order valence-corrected chi connectivity index (χ2v) is 5.14. The maximum Gasteiger partial charge on any atom is 0.286 e. The van der Waals surface area contributed by atoms with Crippen molar-refractivity contribution < 1.29 is 14.2 Å². The van der Waals surface area contributed by atoms with E-state index in [2.05, 4.69) is 0 Å². The van der Waals surface area contributed by atoms with Gasteiger partial charge < -0.3 is 14.2 Å². The number of hydrogen-bond donors (Lipinski definition) is 0. The monoisotopic (exact) mass is 345 g/mol. The van der Waals surface area contributed by atoms with Crippen molar-refractivity contribution >= 4 is 12.2 Å². The van der Waals surface area contributed by atoms with Crippen LogP contribution in [0.25, 0.3) is 12.2 Å². The molecule has 0 aliphatic rings. The van der Waals surface area contributed by atoms with Crippen molar-refractivity contribution in [3.63, 3.8) is 0 Å². The van der Waals surface area contributed by atoms with Crippen molar-refractivity contribution in [3.05, 3.63) is 64.7 Å². The zero-order chi connectivity index (χ0) is 18.6. The van der Waals surface area contributed by atoms with Crippen molar-refractivity contribution in [2.75, 3.05) is 6.61 Å². The standard InChI is InChI=1S/C20H15N3O3/c21-9-10-26-20-7-3-16(4-8-20)1-5-18-6-2-17(12-24-14-22)11-19(18)13-25-15-23/h1-8,11H,10,12-13H2/b5-1+. The molecule has 2 aromatic carbocycles. The predicted octanol–water partition coefficient (Wildman–Crippen LogP) is 3.75. The van der Waals surface area contributed by atoms with Gasteiger partial charge in [0.1, 0.15) is 25.0 Å². The van der Waals surface area contributed by atoms with Crippen LogP contribution in [0, 0.1) is 34.4 Å². The first-order chi connectivity index (χ1) is 12.8. The van der Waals surface area contributed by atoms with E-state index >= 15 is 0 Å². The minimum Gasteiger partial charge on any atom is -0.479 e. The minimum absolute atomic E-state index is 0.0132. The first-order valence-corrected chi connectivity index (χ1v) is 7.68. The summed E-state index contributed by atoms with van der Waals surface area (Å²) in [6, 6.07) is 14.8. The molecule has 0 aliphatic carbocycles. The number of nitrogens with zero attached hydrogens (tertiary/aromatic N) is 3. The average molecular weight is 345 g/mol. The number of benzene rings is 2. The molecular formula is C20H15N3O3. The Morgan fingerprint density at radius 2 is 1.58 bits per heavy atom. The lowest BCUT2D eigenvalue weighted by molar-refractivity contribution is 0.251. The summed E-state index contributed by atoms with van der Waals surface area (Å²) in [5.41, 5.74) is 3.49. The maximum atomic E-state index is 8.63. The van der Waals surface area contributed by atoms with Crippen LogP contribution < -0.4 is 4.74 Å². The van der Waals surface area contributed by atoms with Gasteiger partial charge in [0.25, 0.3) is 12.5 Å². The summed E-state index contributed by atoms with van der Waals surface area (Å²) in [5.74, 6) is 0.633. The average Bonchev–Trinajstić information content (AvgIpc) is 2.69. The second-order valence-electron chi connectivity index (χ2n) is 5.14. The molecule has 0 atom stereocenters. The molecule has 0 radical (unpaired) electrons. The van der Waals surface area contributed by atoms with Crippen LogP contribution in [0.15, 0.2) is 42.5 Å². The van der Waals surface area contributed by atoms with Crippen LogP contribution >= 0.6 is 0 Å². The molecule has 26 heavy (non-hydrogen) atoms. The molecule has 6 nitrogen and oxygen atoms in total. The van der Waals surface area contributed by atoms with Crippen LogP contribution in [0.5, 0.6) is 5.75 Å². The Labute approximate surface area is 151 Å². The maximum absolute atomic E-state index is 8.63. The molecule has 0 unspecified atom stereocenters. The lowest BCUT2D eigenvalue weighted by atomic mass is 10.0. The normalized spacial score (nSPS) is 9.73. The third kappa shape index (κ3) is 5.60. The van der Waals surface area contributed by atoms with E-state index in [-0.39, 0.29) is 19.8 Å². The van der Waals surface area contributed by atoms with E-state index in [1.165, 1.54) is 0 Å². The topological polar surface area (TPSA) is 99.1 Å². The van der Waals surface area contributed by atoms with E-state index in [1.807, 2.05) is 48.6 Å². The van der Waals surface area contributed by atoms with Crippen LogP contribution in [-0.2, 0) is 22.7 Å². The Balaban J connectivity index is 2.16. The van der Waals surface area contributed by atoms with Gasteiger partial charge in [0, 0.05) is 0 Å². The Morgan fingerprint density at radius 3 is 2.27 bits per heavy atom. The smallest absolute Gasteiger partial charge is 0.286 e. The van der Waals surface area contributed by atoms with Gasteiger partial charge in [0.2, 0.25) is 0 Å². The largest absolute Gasteiger partial charge is 0.479 e. The first kappa shape index (κ1) is 18.4. The SMILES string of the molecule is N#CCOc1ccc(/C=C/c2ccc(COC#N)cc2COC#N)cc1. The van der Waals surface area contributed by atoms with E-state index in [0.717, 1.165) is 22.3 Å². The molecule has 0 N–H and O–H groups in total. The molecule has 0 spiro atoms. The second kappa shape index (κ2) is 10.0. The van der Waals surface area contributed by atoms with Gasteiger partial charge >= 0.3 is 0 Å². The number of rotatable bonds is 8. The summed E-state index contributed by atoms with van der Waals surface area (Å²) in [5, 5.41) is 25.6. The van der Waals surface area contributed by atoms with Gasteiger partial charge in [0.15, 0.2) is 6.61 Å². The fourth-order valence-corrected chi connectivity index (χ4v) is 2.24. The molecule has 6 heteroatoms. The van der Waals surface area contributed by atoms with E-state index in [1.54, 1.807) is 24.6 Å². The van der Waals surface area contributed by atoms with Gasteiger partial charge in [-0.2, -0.15) is 15.8 Å². The molecule has 128 valence electrons. The van der Waals surface area contributed by atoms with Crippen molar-refractivity contribution in [1.82, 2.24) is 0 Å². The Morgan fingerprint density at radius 1 is 0.846 bits per heavy atom. The first-order valence-electron chi connectivity index (χ1n) is 7.68. The van der Waals surface area contributed by atoms with Crippen LogP contribution in [0.3, 0.4) is 0 Å². The molecule has 0 heterocycles. The Bertz CT molecular complexity index is 884. The quantitative estimate of drug-likeness (QED) is 0.533. The summed E-state index contributed by atoms with van der Waals surface area (Å²) in [4.78, 5) is 0. The molecule has 0 aliphatic heterocycles. The molecule has 0 fully saturated rings. The number of nitriles is 3. The van der Waals surface area contributed by atoms with Gasteiger partial charge in [-0.05, 0) is 40.5 Å². The fourth-order valence-electron chi connectivity index (χ4n) is 2.24. The summed E-state index contributed by atoms with van der Waals surface area (Å²) in [6.07, 6.45) is 7.12. The van der Waals surface area contributed by atoms with Gasteiger partial charge in [-0.3, -0.25) is 0 Å². The lowest BCUT2D eigenvalue weighted by Crippen LogP contribution is -1.95. The molecule has 0 aromatic heterocycles. The molecule has 0 saturated heterocycles. The van der Waals surface area contributed by atoms with Gasteiger partial charge in [0.05, 0.1) is 0 Å². The predicted molar refractivity (Wildman–Crippen MR) is 93.7 cm³/mol. The number of hydrogen-bond acceptors (Lipinski definition) is 6. The van der Waals surface area contributed by atoms with Crippen molar-refractivity contribution in [1.29, 1.82) is 15.8 Å². The Hall–Kier alpha value is -3.95. The van der Waals surface area contributed by atoms with Crippen molar-refractivity contribution in [3.8, 4) is 24.3 Å². The molecule has 2 rings (SSSR count). The zero-order valence-corrected chi connectivity index (χ0v) is 13.9. The molecular weight excluding hydrogens is 330 g/mol. The van der Waals surface area contributed by atoms with Crippen LogP contribution in [0.2, 0.25) is 0 Å². The van der Waals surface area contributed by atoms with E-state index < -0.39 is 0 Å². The summed E-state index contributed by atoms with van der Waals surface area (Å²) < 4.78 is 14.8. The van der Waals surface area contributed by atoms with Crippen molar-refractivity contribution in [2.45, 2.75) is 13.2 Å². The lowest BCUT2D eigenvalue weighted by Gasteiger charge is -2.07. The summed E-state index contributed by atoms with van der Waals surface area (Å²) in [7, 11) is 0. The highest BCUT2D eigenvalue weighted by Gasteiger charge is 2.04. The fraction of sp³-hybridized carbons (Fsp3) is 0.150. The van der Waals surface area contributed by atoms with Crippen LogP contribution in [0.4, 0.5) is 0 Å². The third-order valence-electron chi connectivity index (χ3n) is 3.44. The highest BCUT2D eigenvalue weighted by atomic mass is 16.5. The molecule has 0 bridgehead atoms. The van der Waals surface area contributed by atoms with E-state index in [0.29, 0.717) is 5.75 Å². The van der Waals surface area contributed by atoms with Crippen LogP contribution in [0.1, 0.15) is 22.3 Å². The molecule has 0 saturated carbocycles. The Kier molecular flexibility index (Phi) is 7.09. The molecule has 2 aromatic rings. The van der Waals surface area contributed by atoms with E-state index in [9.17, 15) is 0 Å². The van der Waals surface area contributed by atoms with Gasteiger partial charge in [-0.15, -0.1) is 0 Å². The number of ether oxygens (including phenoxy) is 3. The zero-order valence-electron chi connectivity index (χ0n) is 13.9. The summed E-state index contributed by atoms with van der Waals surface area (Å²) in [6.45, 7) is 0.320. The minimum atomic E-state index is 0.0132. The summed E-state index contributed by atoms with van der Waals surface area (Å²) >= 11 is 0. The van der Waals surface area contributed by atoms with Gasteiger partial charge in [-0.25, -0.2) is 0 Å². The molecule has 0 amide bonds. The van der Waals surface area contributed by atoms with Gasteiger partial charge in [-0.1, -0.05) is 36.4 Å².